The first-order valence-corrected chi connectivity index (χ1v) is 15.9. The number of carbonyl (C=O) groups excluding carboxylic acids is 3. The first-order chi connectivity index (χ1) is 25.0. The van der Waals surface area contributed by atoms with Crippen molar-refractivity contribution >= 4 is 20.0 Å². The molecule has 0 amide bonds. The Bertz CT molecular complexity index is 1410. The molecule has 5 rings (SSSR count). The molecule has 0 aliphatic carbocycles. The van der Waals surface area contributed by atoms with E-state index in [0.717, 1.165) is 60.2 Å². The van der Waals surface area contributed by atoms with Crippen LogP contribution in [0.2, 0.25) is 0 Å². The van der Waals surface area contributed by atoms with E-state index < -0.39 is 42.2 Å². The Balaban J connectivity index is -0.000000595. The monoisotopic (exact) mass is 810 g/mol. The lowest BCUT2D eigenvalue weighted by atomic mass is 9.98. The molecule has 55 heavy (non-hydrogen) atoms. The zero-order valence-corrected chi connectivity index (χ0v) is 30.5. The molecule has 1 atom stereocenters. The molecule has 2 fully saturated rings. The molecule has 23 heteroatoms. The molecule has 314 valence electrons. The van der Waals surface area contributed by atoms with Gasteiger partial charge in [0.05, 0.1) is 18.9 Å². The van der Waals surface area contributed by atoms with Gasteiger partial charge >= 0.3 is 30.6 Å². The summed E-state index contributed by atoms with van der Waals surface area (Å²) in [7, 11) is 9.61. The fourth-order valence-corrected chi connectivity index (χ4v) is 3.65. The second-order valence-electron chi connectivity index (χ2n) is 10.5. The summed E-state index contributed by atoms with van der Waals surface area (Å²) < 4.78 is 125. The second kappa shape index (κ2) is 28.2. The first kappa shape index (κ1) is 55.1. The van der Waals surface area contributed by atoms with Crippen LogP contribution in [-0.4, -0.2) is 86.8 Å². The maximum atomic E-state index is 12.0. The van der Waals surface area contributed by atoms with Gasteiger partial charge in [0.1, 0.15) is 7.85 Å². The number of halogens is 9. The molecule has 0 spiro atoms. The fourth-order valence-electron chi connectivity index (χ4n) is 3.65. The lowest BCUT2D eigenvalue weighted by molar-refractivity contribution is -0.191. The van der Waals surface area contributed by atoms with Crippen LogP contribution < -0.4 is 0 Å². The normalized spacial score (nSPS) is 14.4. The number of aliphatic hydroxyl groups excluding tert-OH is 1. The van der Waals surface area contributed by atoms with Crippen LogP contribution in [0.15, 0.2) is 24.4 Å². The van der Waals surface area contributed by atoms with Crippen LogP contribution in [0.1, 0.15) is 82.4 Å². The van der Waals surface area contributed by atoms with E-state index in [1.165, 1.54) is 51.8 Å². The number of rotatable bonds is 3. The van der Waals surface area contributed by atoms with Crippen LogP contribution in [0.3, 0.4) is 0 Å². The third kappa shape index (κ3) is 26.3. The van der Waals surface area contributed by atoms with E-state index >= 15 is 0 Å². The van der Waals surface area contributed by atoms with E-state index in [-0.39, 0.29) is 31.2 Å². The van der Waals surface area contributed by atoms with E-state index in [9.17, 15) is 44.3 Å². The molecule has 1 unspecified atom stereocenters. The Morgan fingerprint density at radius 1 is 0.855 bits per heavy atom. The van der Waals surface area contributed by atoms with Gasteiger partial charge in [-0.05, 0) is 57.2 Å². The number of nitrogens with zero attached hydrogens (tertiary/aromatic N) is 6. The van der Waals surface area contributed by atoms with Gasteiger partial charge in [-0.2, -0.15) is 64.4 Å². The van der Waals surface area contributed by atoms with Crippen molar-refractivity contribution in [3.63, 3.8) is 0 Å². The van der Waals surface area contributed by atoms with Crippen molar-refractivity contribution in [3.8, 4) is 0 Å². The highest BCUT2D eigenvalue weighted by atomic mass is 19.4. The van der Waals surface area contributed by atoms with Gasteiger partial charge in [0.25, 0.3) is 0 Å². The Labute approximate surface area is 314 Å². The number of aliphatic hydroxyl groups is 1. The van der Waals surface area contributed by atoms with Crippen molar-refractivity contribution in [2.45, 2.75) is 91.4 Å². The van der Waals surface area contributed by atoms with Gasteiger partial charge in [0.15, 0.2) is 17.1 Å². The molecule has 2 radical (unpaired) electrons. The molecular weight excluding hydrogens is 762 g/mol. The standard InChI is InChI=1S/C7H9F3N2.C6H7F3N2O.C5H5F3N2.C4H7BO.C4H8O2.C4H8O.CO2.CH4/c1-3-5-4-6(7(8,9)10)11-12(5)2;1-11-4(3-12)2-5(10-11)6(7,8)9;1-10-3-2-4(9-10)5(6,7)8;5-4-2-1-3-6-4;1-3-6-4(2)5;1-2-4-5-3-1;2-1-3;/h4H,3H2,1-2H3;2,12H,3H2,1H3;2-3H,1H3;4H,1-3H2;3H2,1-2H3;1-4H2;;1H4. The lowest BCUT2D eigenvalue weighted by Gasteiger charge is -1.99. The average Bonchev–Trinajstić information content (AvgIpc) is 3.90. The number of ether oxygens (including phenoxy) is 3. The molecule has 5 heterocycles. The third-order valence-corrected chi connectivity index (χ3v) is 6.20. The van der Waals surface area contributed by atoms with Gasteiger partial charge in [-0.25, -0.2) is 0 Å². The highest BCUT2D eigenvalue weighted by Gasteiger charge is 2.35. The van der Waals surface area contributed by atoms with E-state index in [1.807, 2.05) is 0 Å². The molecule has 2 aliphatic rings. The van der Waals surface area contributed by atoms with Crippen molar-refractivity contribution in [2.75, 3.05) is 26.4 Å². The Hall–Kier alpha value is -4.21. The van der Waals surface area contributed by atoms with Crippen LogP contribution in [0.4, 0.5) is 39.5 Å². The Morgan fingerprint density at radius 3 is 1.47 bits per heavy atom. The molecule has 2 aliphatic heterocycles. The lowest BCUT2D eigenvalue weighted by Crippen LogP contribution is -2.06. The average molecular weight is 811 g/mol. The van der Waals surface area contributed by atoms with Crippen molar-refractivity contribution in [1.29, 1.82) is 0 Å². The van der Waals surface area contributed by atoms with E-state index in [4.69, 9.17) is 32.0 Å². The number of esters is 1. The highest BCUT2D eigenvalue weighted by Crippen LogP contribution is 2.29. The third-order valence-electron chi connectivity index (χ3n) is 6.20. The molecule has 2 saturated heterocycles. The van der Waals surface area contributed by atoms with Crippen LogP contribution in [0.25, 0.3) is 0 Å². The summed E-state index contributed by atoms with van der Waals surface area (Å²) in [5.41, 5.74) is -1.92. The SMILES string of the molecule is C.C1CCOC1.CCOC(C)=O.CCc1cc(C(F)(F)F)nn1C.Cn1ccc(C(F)(F)F)n1.Cn1nc(C(F)(F)F)cc1CO.O=C=O.[B]C1CCCO1. The summed E-state index contributed by atoms with van der Waals surface area (Å²) >= 11 is 0. The van der Waals surface area contributed by atoms with Crippen LogP contribution in [0.5, 0.6) is 0 Å². The minimum Gasteiger partial charge on any atom is -0.466 e. The van der Waals surface area contributed by atoms with Gasteiger partial charge in [-0.3, -0.25) is 18.8 Å². The molecule has 3 aromatic rings. The number of alkyl halides is 9. The summed E-state index contributed by atoms with van der Waals surface area (Å²) in [6.45, 7) is 7.86. The molecular formula is C32H48BF9N6O7. The minimum absolute atomic E-state index is 0. The van der Waals surface area contributed by atoms with Crippen LogP contribution in [-0.2, 0) is 81.3 Å². The Kier molecular flexibility index (Phi) is 28.3. The van der Waals surface area contributed by atoms with E-state index in [0.29, 0.717) is 18.7 Å². The fraction of sp³-hybridized carbons (Fsp3) is 0.656. The van der Waals surface area contributed by atoms with Crippen LogP contribution in [0, 0.1) is 0 Å². The van der Waals surface area contributed by atoms with Crippen LogP contribution >= 0.6 is 0 Å². The number of hydrogen-bond acceptors (Lipinski definition) is 10. The van der Waals surface area contributed by atoms with E-state index in [2.05, 4.69) is 20.0 Å². The van der Waals surface area contributed by atoms with Crippen molar-refractivity contribution in [1.82, 2.24) is 29.3 Å². The molecule has 13 nitrogen and oxygen atoms in total. The number of carbonyl (C=O) groups is 1. The molecule has 0 bridgehead atoms. The highest BCUT2D eigenvalue weighted by molar-refractivity contribution is 6.11. The molecule has 3 aromatic heterocycles. The largest absolute Gasteiger partial charge is 0.466 e. The van der Waals surface area contributed by atoms with E-state index in [1.54, 1.807) is 13.8 Å². The van der Waals surface area contributed by atoms with Gasteiger partial charge in [0, 0.05) is 65.8 Å². The van der Waals surface area contributed by atoms with Crippen molar-refractivity contribution in [3.05, 3.63) is 52.9 Å². The maximum absolute atomic E-state index is 12.0. The Morgan fingerprint density at radius 2 is 1.31 bits per heavy atom. The molecule has 0 saturated carbocycles. The van der Waals surface area contributed by atoms with Gasteiger partial charge in [0.2, 0.25) is 0 Å². The summed E-state index contributed by atoms with van der Waals surface area (Å²) in [5.74, 6) is -0.211. The first-order valence-electron chi connectivity index (χ1n) is 15.9. The van der Waals surface area contributed by atoms with Gasteiger partial charge in [-0.15, -0.1) is 0 Å². The number of aromatic nitrogens is 6. The number of hydrogen-bond donors (Lipinski definition) is 1. The predicted octanol–water partition coefficient (Wildman–Crippen LogP) is 6.08. The van der Waals surface area contributed by atoms with Crippen molar-refractivity contribution < 1.29 is 73.2 Å². The zero-order chi connectivity index (χ0) is 42.1. The summed E-state index contributed by atoms with van der Waals surface area (Å²) in [6.07, 6.45) is -6.29. The zero-order valence-electron chi connectivity index (χ0n) is 30.5. The number of aryl methyl sites for hydroxylation is 4. The van der Waals surface area contributed by atoms with Gasteiger partial charge < -0.3 is 19.3 Å². The molecule has 1 N–H and O–H groups in total. The summed E-state index contributed by atoms with van der Waals surface area (Å²) in [6, 6.07) is 2.87. The summed E-state index contributed by atoms with van der Waals surface area (Å²) in [5, 5.41) is 18.3. The smallest absolute Gasteiger partial charge is 0.435 e. The van der Waals surface area contributed by atoms with Crippen molar-refractivity contribution in [2.24, 2.45) is 21.1 Å². The predicted molar refractivity (Wildman–Crippen MR) is 179 cm³/mol. The van der Waals surface area contributed by atoms with Gasteiger partial charge in [-0.1, -0.05) is 14.4 Å². The molecule has 0 aromatic carbocycles. The minimum atomic E-state index is -4.44. The quantitative estimate of drug-likeness (QED) is 0.187. The topological polar surface area (TPSA) is 153 Å². The maximum Gasteiger partial charge on any atom is 0.435 e. The summed E-state index contributed by atoms with van der Waals surface area (Å²) in [4.78, 5) is 26.1. The second-order valence-corrected chi connectivity index (χ2v) is 10.5.